The highest BCUT2D eigenvalue weighted by molar-refractivity contribution is 7.46. The van der Waals surface area contributed by atoms with Gasteiger partial charge in [0.2, 0.25) is 5.79 Å². The average Bonchev–Trinajstić information content (AvgIpc) is 2.31. The molecule has 2 bridgehead atoms. The Labute approximate surface area is 118 Å². The molecule has 0 aromatic carbocycles. The van der Waals surface area contributed by atoms with Gasteiger partial charge in [0.15, 0.2) is 12.2 Å². The monoisotopic (exact) mass is 332 g/mol. The highest BCUT2D eigenvalue weighted by atomic mass is 31.2. The number of rotatable bonds is 3. The van der Waals surface area contributed by atoms with Crippen LogP contribution in [-0.4, -0.2) is 50.9 Å². The van der Waals surface area contributed by atoms with E-state index in [2.05, 4.69) is 9.26 Å². The molecule has 0 spiro atoms. The van der Waals surface area contributed by atoms with Crippen LogP contribution >= 0.6 is 7.82 Å². The van der Waals surface area contributed by atoms with Gasteiger partial charge in [0, 0.05) is 13.3 Å². The van der Waals surface area contributed by atoms with Crippen LogP contribution in [-0.2, 0) is 23.4 Å². The molecule has 2 aliphatic rings. The molecule has 2 fully saturated rings. The number of alkyl halides is 2. The quantitative estimate of drug-likeness (QED) is 0.498. The van der Waals surface area contributed by atoms with Crippen LogP contribution in [0.25, 0.3) is 0 Å². The minimum Gasteiger partial charge on any atom is -0.457 e. The number of hydrogen-bond donors (Lipinski definition) is 3. The molecule has 11 heteroatoms. The van der Waals surface area contributed by atoms with Gasteiger partial charge in [-0.1, -0.05) is 0 Å². The van der Waals surface area contributed by atoms with Gasteiger partial charge in [0.05, 0.1) is 0 Å². The van der Waals surface area contributed by atoms with E-state index < -0.39 is 50.2 Å². The molecule has 0 unspecified atom stereocenters. The summed E-state index contributed by atoms with van der Waals surface area (Å²) < 4.78 is 53.4. The molecule has 0 aromatic heterocycles. The van der Waals surface area contributed by atoms with Crippen LogP contribution in [0.1, 0.15) is 26.2 Å². The fourth-order valence-corrected chi connectivity index (χ4v) is 3.30. The molecule has 0 amide bonds. The largest absolute Gasteiger partial charge is 0.472 e. The van der Waals surface area contributed by atoms with Crippen molar-refractivity contribution in [1.29, 1.82) is 0 Å². The number of ether oxygens (including phenoxy) is 2. The number of carbonyl (C=O) groups is 1. The average molecular weight is 332 g/mol. The number of aliphatic hydroxyl groups excluding tert-OH is 1. The summed E-state index contributed by atoms with van der Waals surface area (Å²) in [5, 5.41) is 9.77. The van der Waals surface area contributed by atoms with Crippen LogP contribution in [0.2, 0.25) is 0 Å². The Hall–Kier alpha value is -0.640. The van der Waals surface area contributed by atoms with E-state index in [1.807, 2.05) is 0 Å². The van der Waals surface area contributed by atoms with E-state index in [9.17, 15) is 23.2 Å². The first kappa shape index (κ1) is 16.7. The van der Waals surface area contributed by atoms with Gasteiger partial charge in [-0.15, -0.1) is 0 Å². The topological polar surface area (TPSA) is 123 Å². The van der Waals surface area contributed by atoms with Crippen LogP contribution in [0.15, 0.2) is 0 Å². The summed E-state index contributed by atoms with van der Waals surface area (Å²) in [7, 11) is -5.29. The van der Waals surface area contributed by atoms with Crippen molar-refractivity contribution in [1.82, 2.24) is 0 Å². The zero-order valence-electron chi connectivity index (χ0n) is 10.9. The van der Waals surface area contributed by atoms with E-state index >= 15 is 0 Å². The van der Waals surface area contributed by atoms with E-state index in [0.29, 0.717) is 0 Å². The molecule has 0 radical (unpaired) electrons. The molecular formula is C10H15F2O8P. The summed E-state index contributed by atoms with van der Waals surface area (Å²) in [6, 6.07) is 0. The smallest absolute Gasteiger partial charge is 0.457 e. The van der Waals surface area contributed by atoms with Crippen LogP contribution in [0, 0.1) is 0 Å². The molecule has 2 heterocycles. The summed E-state index contributed by atoms with van der Waals surface area (Å²) in [5.74, 6) is -7.98. The number of fused-ring (bicyclic) bond motifs is 2. The van der Waals surface area contributed by atoms with Crippen molar-refractivity contribution >= 4 is 13.8 Å². The third-order valence-corrected chi connectivity index (χ3v) is 3.99. The van der Waals surface area contributed by atoms with Crippen LogP contribution in [0.5, 0.6) is 0 Å². The zero-order chi connectivity index (χ0) is 16.1. The number of esters is 1. The molecule has 2 aliphatic heterocycles. The lowest BCUT2D eigenvalue weighted by Crippen LogP contribution is -2.71. The molecule has 0 aliphatic carbocycles. The molecule has 2 rings (SSSR count). The molecule has 3 N–H and O–H groups in total. The normalized spacial score (nSPS) is 38.9. The van der Waals surface area contributed by atoms with E-state index in [1.54, 1.807) is 0 Å². The molecule has 4 atom stereocenters. The fraction of sp³-hybridized carbons (Fsp3) is 0.900. The van der Waals surface area contributed by atoms with Crippen molar-refractivity contribution in [2.75, 3.05) is 0 Å². The summed E-state index contributed by atoms with van der Waals surface area (Å²) in [6.07, 6.45) is -5.49. The first-order valence-corrected chi connectivity index (χ1v) is 7.69. The lowest BCUT2D eigenvalue weighted by molar-refractivity contribution is -0.407. The SMILES string of the molecule is CC(=O)O[C@H]1[C@@H](O)C(F)(F)[C@]2(OP(=O)(O)O)CCC[C@H]1O2. The van der Waals surface area contributed by atoms with Gasteiger partial charge in [0.1, 0.15) is 6.10 Å². The van der Waals surface area contributed by atoms with Crippen molar-refractivity contribution in [3.05, 3.63) is 0 Å². The minimum atomic E-state index is -5.29. The molecular weight excluding hydrogens is 317 g/mol. The van der Waals surface area contributed by atoms with Crippen LogP contribution < -0.4 is 0 Å². The lowest BCUT2D eigenvalue weighted by Gasteiger charge is -2.52. The third kappa shape index (κ3) is 2.96. The van der Waals surface area contributed by atoms with Gasteiger partial charge in [-0.25, -0.2) is 9.09 Å². The Morgan fingerprint density at radius 1 is 1.43 bits per heavy atom. The molecule has 122 valence electrons. The summed E-state index contributed by atoms with van der Waals surface area (Å²) in [5.41, 5.74) is 0. The summed E-state index contributed by atoms with van der Waals surface area (Å²) >= 11 is 0. The fourth-order valence-electron chi connectivity index (χ4n) is 2.66. The molecule has 8 nitrogen and oxygen atoms in total. The Balaban J connectivity index is 2.37. The van der Waals surface area contributed by atoms with Crippen molar-refractivity contribution in [2.45, 2.75) is 56.2 Å². The van der Waals surface area contributed by atoms with Crippen LogP contribution in [0.3, 0.4) is 0 Å². The second-order valence-corrected chi connectivity index (χ2v) is 6.19. The third-order valence-electron chi connectivity index (χ3n) is 3.46. The number of halogens is 2. The highest BCUT2D eigenvalue weighted by Gasteiger charge is 2.71. The Kier molecular flexibility index (Phi) is 4.16. The summed E-state index contributed by atoms with van der Waals surface area (Å²) in [4.78, 5) is 28.6. The van der Waals surface area contributed by atoms with E-state index in [4.69, 9.17) is 14.5 Å². The maximum atomic E-state index is 14.3. The number of phosphoric acid groups is 1. The van der Waals surface area contributed by atoms with Crippen molar-refractivity contribution in [3.8, 4) is 0 Å². The van der Waals surface area contributed by atoms with Gasteiger partial charge in [0.25, 0.3) is 0 Å². The maximum absolute atomic E-state index is 14.3. The van der Waals surface area contributed by atoms with Gasteiger partial charge >= 0.3 is 19.7 Å². The van der Waals surface area contributed by atoms with Gasteiger partial charge in [-0.2, -0.15) is 8.78 Å². The minimum absolute atomic E-state index is 0.102. The van der Waals surface area contributed by atoms with Crippen molar-refractivity contribution in [2.24, 2.45) is 0 Å². The van der Waals surface area contributed by atoms with Crippen molar-refractivity contribution in [3.63, 3.8) is 0 Å². The first-order valence-electron chi connectivity index (χ1n) is 6.16. The number of carbonyl (C=O) groups excluding carboxylic acids is 1. The van der Waals surface area contributed by atoms with E-state index in [0.717, 1.165) is 6.92 Å². The Morgan fingerprint density at radius 3 is 2.57 bits per heavy atom. The zero-order valence-corrected chi connectivity index (χ0v) is 11.8. The molecule has 0 saturated carbocycles. The Bertz CT molecular complexity index is 480. The van der Waals surface area contributed by atoms with Crippen LogP contribution in [0.4, 0.5) is 8.78 Å². The Morgan fingerprint density at radius 2 is 2.05 bits per heavy atom. The molecule has 2 saturated heterocycles. The number of phosphoric ester groups is 1. The van der Waals surface area contributed by atoms with Gasteiger partial charge in [-0.05, 0) is 12.8 Å². The second-order valence-electron chi connectivity index (χ2n) is 5.03. The predicted octanol–water partition coefficient (Wildman–Crippen LogP) is 0.303. The number of aliphatic hydroxyl groups is 1. The number of hydrogen-bond acceptors (Lipinski definition) is 6. The van der Waals surface area contributed by atoms with Gasteiger partial charge < -0.3 is 24.4 Å². The van der Waals surface area contributed by atoms with Gasteiger partial charge in [-0.3, -0.25) is 4.79 Å². The standard InChI is InChI=1S/C10H15F2O8P/c1-5(13)18-7-6-3-2-4-9(19-6,20-21(15,16)17)10(11,12)8(7)14/h6-8,14H,2-4H2,1H3,(H2,15,16,17)/t6-,7-,8-,9-/m1/s1. The molecule has 21 heavy (non-hydrogen) atoms. The predicted molar refractivity (Wildman–Crippen MR) is 61.1 cm³/mol. The second kappa shape index (κ2) is 5.22. The van der Waals surface area contributed by atoms with Crippen molar-refractivity contribution < 1.29 is 47.0 Å². The molecule has 0 aromatic rings. The summed E-state index contributed by atoms with van der Waals surface area (Å²) in [6.45, 7) is 0.988. The van der Waals surface area contributed by atoms with E-state index in [1.165, 1.54) is 0 Å². The lowest BCUT2D eigenvalue weighted by atomic mass is 9.82. The first-order chi connectivity index (χ1) is 9.48. The highest BCUT2D eigenvalue weighted by Crippen LogP contribution is 2.56. The maximum Gasteiger partial charge on any atom is 0.472 e. The van der Waals surface area contributed by atoms with E-state index in [-0.39, 0.29) is 12.8 Å².